The number of benzene rings is 1. The largest absolute Gasteiger partial charge is 0.482 e. The van der Waals surface area contributed by atoms with E-state index in [2.05, 4.69) is 0 Å². The van der Waals surface area contributed by atoms with Crippen LogP contribution in [-0.4, -0.2) is 11.9 Å². The number of hydrogen-bond donors (Lipinski definition) is 0. The second kappa shape index (κ2) is 5.50. The number of Topliss-reactive ketones (excluding diaryl/α,β-unsaturated/α-hetero) is 1. The third-order valence-electron chi connectivity index (χ3n) is 2.24. The van der Waals surface area contributed by atoms with Crippen LogP contribution in [0.15, 0.2) is 29.8 Å². The van der Waals surface area contributed by atoms with Crippen molar-refractivity contribution in [1.29, 1.82) is 0 Å². The van der Waals surface area contributed by atoms with Crippen molar-refractivity contribution in [3.8, 4) is 5.75 Å². The molecule has 2 heteroatoms. The van der Waals surface area contributed by atoms with Gasteiger partial charge in [-0.1, -0.05) is 29.8 Å². The minimum atomic E-state index is -0.397. The molecule has 0 saturated heterocycles. The molecule has 0 spiro atoms. The van der Waals surface area contributed by atoms with E-state index in [1.807, 2.05) is 44.2 Å². The normalized spacial score (nSPS) is 11.8. The Kier molecular flexibility index (Phi) is 4.29. The lowest BCUT2D eigenvalue weighted by molar-refractivity contribution is -0.122. The Balaban J connectivity index is 2.95. The summed E-state index contributed by atoms with van der Waals surface area (Å²) in [7, 11) is 0. The lowest BCUT2D eigenvalue weighted by Crippen LogP contribution is -2.21. The Labute approximate surface area is 96.9 Å². The molecule has 0 N–H and O–H groups in total. The molecule has 0 saturated carbocycles. The van der Waals surface area contributed by atoms with E-state index < -0.39 is 6.10 Å². The van der Waals surface area contributed by atoms with Crippen molar-refractivity contribution in [2.24, 2.45) is 0 Å². The molecule has 1 aromatic carbocycles. The molecule has 86 valence electrons. The fourth-order valence-electron chi connectivity index (χ4n) is 1.29. The smallest absolute Gasteiger partial charge is 0.169 e. The molecular formula is C14H18O2. The molecule has 0 bridgehead atoms. The molecule has 0 aliphatic heterocycles. The Morgan fingerprint density at radius 3 is 2.44 bits per heavy atom. The average molecular weight is 218 g/mol. The molecule has 16 heavy (non-hydrogen) atoms. The molecule has 0 amide bonds. The molecule has 2 nitrogen and oxygen atoms in total. The molecule has 1 aromatic rings. The van der Waals surface area contributed by atoms with E-state index in [0.717, 1.165) is 11.3 Å². The molecule has 1 atom stereocenters. The van der Waals surface area contributed by atoms with Crippen molar-refractivity contribution >= 4 is 11.9 Å². The van der Waals surface area contributed by atoms with Crippen molar-refractivity contribution in [3.63, 3.8) is 0 Å². The quantitative estimate of drug-likeness (QED) is 0.773. The minimum Gasteiger partial charge on any atom is -0.482 e. The van der Waals surface area contributed by atoms with Gasteiger partial charge in [0.2, 0.25) is 0 Å². The number of allylic oxidation sites excluding steroid dienone is 1. The summed E-state index contributed by atoms with van der Waals surface area (Å²) < 4.78 is 5.61. The molecule has 1 unspecified atom stereocenters. The van der Waals surface area contributed by atoms with Crippen molar-refractivity contribution in [1.82, 2.24) is 0 Å². The first-order valence-corrected chi connectivity index (χ1v) is 5.41. The summed E-state index contributed by atoms with van der Waals surface area (Å²) in [5.41, 5.74) is 2.21. The summed E-state index contributed by atoms with van der Waals surface area (Å²) in [6.07, 6.45) is 1.65. The van der Waals surface area contributed by atoms with Crippen molar-refractivity contribution in [3.05, 3.63) is 35.4 Å². The van der Waals surface area contributed by atoms with E-state index >= 15 is 0 Å². The van der Waals surface area contributed by atoms with E-state index in [0.29, 0.717) is 0 Å². The molecule has 0 heterocycles. The van der Waals surface area contributed by atoms with Crippen LogP contribution in [0.2, 0.25) is 0 Å². The number of carbonyl (C=O) groups excluding carboxylic acids is 1. The number of carbonyl (C=O) groups is 1. The van der Waals surface area contributed by atoms with Gasteiger partial charge in [-0.05, 0) is 33.8 Å². The lowest BCUT2D eigenvalue weighted by atomic mass is 10.1. The van der Waals surface area contributed by atoms with E-state index in [1.54, 1.807) is 6.92 Å². The first-order chi connectivity index (χ1) is 7.50. The first kappa shape index (κ1) is 12.5. The molecule has 0 aliphatic carbocycles. The van der Waals surface area contributed by atoms with E-state index in [1.165, 1.54) is 12.5 Å². The second-order valence-corrected chi connectivity index (χ2v) is 4.13. The van der Waals surface area contributed by atoms with Gasteiger partial charge in [-0.25, -0.2) is 0 Å². The molecule has 0 aromatic heterocycles. The number of ketones is 1. The van der Waals surface area contributed by atoms with E-state index in [9.17, 15) is 4.79 Å². The van der Waals surface area contributed by atoms with Crippen LogP contribution >= 0.6 is 0 Å². The standard InChI is InChI=1S/C14H18O2/c1-10(2)9-13-7-5-6-8-14(13)16-12(4)11(3)15/h5-9,12H,1-4H3. The van der Waals surface area contributed by atoms with Gasteiger partial charge in [-0.3, -0.25) is 4.79 Å². The predicted molar refractivity (Wildman–Crippen MR) is 66.5 cm³/mol. The highest BCUT2D eigenvalue weighted by Crippen LogP contribution is 2.22. The average Bonchev–Trinajstić information content (AvgIpc) is 2.20. The SMILES string of the molecule is CC(=O)C(C)Oc1ccccc1C=C(C)C. The van der Waals surface area contributed by atoms with E-state index in [4.69, 9.17) is 4.74 Å². The highest BCUT2D eigenvalue weighted by molar-refractivity contribution is 5.80. The number of hydrogen-bond acceptors (Lipinski definition) is 2. The number of para-hydroxylation sites is 1. The molecule has 1 rings (SSSR count). The highest BCUT2D eigenvalue weighted by atomic mass is 16.5. The zero-order valence-corrected chi connectivity index (χ0v) is 10.3. The summed E-state index contributed by atoms with van der Waals surface area (Å²) >= 11 is 0. The van der Waals surface area contributed by atoms with Gasteiger partial charge in [0.1, 0.15) is 5.75 Å². The Morgan fingerprint density at radius 2 is 1.88 bits per heavy atom. The van der Waals surface area contributed by atoms with Crippen molar-refractivity contribution in [2.75, 3.05) is 0 Å². The third kappa shape index (κ3) is 3.54. The summed E-state index contributed by atoms with van der Waals surface area (Å²) in [4.78, 5) is 11.1. The fourth-order valence-corrected chi connectivity index (χ4v) is 1.29. The van der Waals surface area contributed by atoms with Gasteiger partial charge < -0.3 is 4.74 Å². The first-order valence-electron chi connectivity index (χ1n) is 5.41. The van der Waals surface area contributed by atoms with Crippen LogP contribution in [0.3, 0.4) is 0 Å². The monoisotopic (exact) mass is 218 g/mol. The zero-order valence-electron chi connectivity index (χ0n) is 10.3. The minimum absolute atomic E-state index is 0.0343. The fraction of sp³-hybridized carbons (Fsp3) is 0.357. The van der Waals surface area contributed by atoms with E-state index in [-0.39, 0.29) is 5.78 Å². The summed E-state index contributed by atoms with van der Waals surface area (Å²) in [6.45, 7) is 7.37. The second-order valence-electron chi connectivity index (χ2n) is 4.13. The number of ether oxygens (including phenoxy) is 1. The Bertz CT molecular complexity index is 401. The maximum Gasteiger partial charge on any atom is 0.169 e. The summed E-state index contributed by atoms with van der Waals surface area (Å²) in [5.74, 6) is 0.790. The van der Waals surface area contributed by atoms with Crippen LogP contribution < -0.4 is 4.74 Å². The Morgan fingerprint density at radius 1 is 1.25 bits per heavy atom. The summed E-state index contributed by atoms with van der Waals surface area (Å²) in [5, 5.41) is 0. The van der Waals surface area contributed by atoms with Gasteiger partial charge in [-0.2, -0.15) is 0 Å². The predicted octanol–water partition coefficient (Wildman–Crippen LogP) is 3.47. The van der Waals surface area contributed by atoms with Crippen LogP contribution in [0.1, 0.15) is 33.3 Å². The van der Waals surface area contributed by atoms with Gasteiger partial charge >= 0.3 is 0 Å². The van der Waals surface area contributed by atoms with Gasteiger partial charge in [-0.15, -0.1) is 0 Å². The van der Waals surface area contributed by atoms with Crippen LogP contribution in [0.5, 0.6) is 5.75 Å². The van der Waals surface area contributed by atoms with Crippen molar-refractivity contribution < 1.29 is 9.53 Å². The molecular weight excluding hydrogens is 200 g/mol. The molecule has 0 radical (unpaired) electrons. The summed E-state index contributed by atoms with van der Waals surface area (Å²) in [6, 6.07) is 7.73. The van der Waals surface area contributed by atoms with Crippen molar-refractivity contribution in [2.45, 2.75) is 33.8 Å². The van der Waals surface area contributed by atoms with Crippen LogP contribution in [0.25, 0.3) is 6.08 Å². The van der Waals surface area contributed by atoms with Crippen LogP contribution in [-0.2, 0) is 4.79 Å². The van der Waals surface area contributed by atoms with Crippen LogP contribution in [0, 0.1) is 0 Å². The van der Waals surface area contributed by atoms with Gasteiger partial charge in [0.05, 0.1) is 0 Å². The Hall–Kier alpha value is -1.57. The topological polar surface area (TPSA) is 26.3 Å². The maximum atomic E-state index is 11.1. The van der Waals surface area contributed by atoms with Gasteiger partial charge in [0.15, 0.2) is 11.9 Å². The van der Waals surface area contributed by atoms with Gasteiger partial charge in [0.25, 0.3) is 0 Å². The lowest BCUT2D eigenvalue weighted by Gasteiger charge is -2.13. The maximum absolute atomic E-state index is 11.1. The van der Waals surface area contributed by atoms with Gasteiger partial charge in [0, 0.05) is 5.56 Å². The van der Waals surface area contributed by atoms with Crippen LogP contribution in [0.4, 0.5) is 0 Å². The highest BCUT2D eigenvalue weighted by Gasteiger charge is 2.10. The zero-order chi connectivity index (χ0) is 12.1. The molecule has 0 aliphatic rings. The third-order valence-corrected chi connectivity index (χ3v) is 2.24. The molecule has 0 fully saturated rings. The number of rotatable bonds is 4.